The summed E-state index contributed by atoms with van der Waals surface area (Å²) in [6.07, 6.45) is 2.29. The Kier molecular flexibility index (Phi) is 8.20. The van der Waals surface area contributed by atoms with Crippen molar-refractivity contribution in [3.63, 3.8) is 0 Å². The first-order valence-corrected chi connectivity index (χ1v) is 13.2. The van der Waals surface area contributed by atoms with Crippen molar-refractivity contribution < 1.29 is 23.1 Å². The number of halogens is 1. The maximum Gasteiger partial charge on any atom is 0.239 e. The molecule has 4 rings (SSSR count). The van der Waals surface area contributed by atoms with Gasteiger partial charge >= 0.3 is 0 Å². The molecule has 4 heterocycles. The number of aryl methyl sites for hydroxylation is 2. The summed E-state index contributed by atoms with van der Waals surface area (Å²) in [5.74, 6) is -0.938. The number of hydrogen-bond donors (Lipinski definition) is 2. The van der Waals surface area contributed by atoms with Crippen LogP contribution in [0.25, 0.3) is 0 Å². The van der Waals surface area contributed by atoms with E-state index < -0.39 is 41.6 Å². The zero-order valence-corrected chi connectivity index (χ0v) is 21.7. The van der Waals surface area contributed by atoms with Gasteiger partial charge < -0.3 is 19.5 Å². The molecule has 2 fully saturated rings. The smallest absolute Gasteiger partial charge is 0.239 e. The lowest BCUT2D eigenvalue weighted by molar-refractivity contribution is -0.168. The van der Waals surface area contributed by atoms with E-state index >= 15 is 0 Å². The highest BCUT2D eigenvalue weighted by Gasteiger charge is 2.52. The molecule has 13 heteroatoms. The first-order chi connectivity index (χ1) is 17.2. The van der Waals surface area contributed by atoms with Gasteiger partial charge in [0.2, 0.25) is 11.8 Å². The summed E-state index contributed by atoms with van der Waals surface area (Å²) in [7, 11) is 0. The van der Waals surface area contributed by atoms with E-state index in [4.69, 9.17) is 16.3 Å². The third-order valence-corrected chi connectivity index (χ3v) is 7.04. The fourth-order valence-corrected chi connectivity index (χ4v) is 5.36. The van der Waals surface area contributed by atoms with Crippen LogP contribution in [0.2, 0.25) is 0 Å². The van der Waals surface area contributed by atoms with Crippen LogP contribution in [0, 0.1) is 13.8 Å². The lowest BCUT2D eigenvalue weighted by atomic mass is 9.82. The molecule has 2 aliphatic rings. The molecule has 36 heavy (non-hydrogen) atoms. The maximum atomic E-state index is 13.8. The number of amides is 2. The van der Waals surface area contributed by atoms with Crippen molar-refractivity contribution in [3.8, 4) is 0 Å². The van der Waals surface area contributed by atoms with Crippen LogP contribution in [0.4, 0.5) is 11.5 Å². The topological polar surface area (TPSA) is 140 Å². The molecule has 5 unspecified atom stereocenters. The summed E-state index contributed by atoms with van der Waals surface area (Å²) in [6.45, 7) is 6.17. The van der Waals surface area contributed by atoms with E-state index in [0.29, 0.717) is 18.1 Å². The second-order valence-corrected chi connectivity index (χ2v) is 9.72. The number of fused-ring (bicyclic) bond motifs is 1. The van der Waals surface area contributed by atoms with Gasteiger partial charge in [0.15, 0.2) is 0 Å². The maximum absolute atomic E-state index is 13.8. The molecule has 0 aromatic carbocycles. The highest BCUT2D eigenvalue weighted by atomic mass is 35.5. The Morgan fingerprint density at radius 2 is 2.14 bits per heavy atom. The standard InChI is InChI=1S/C23H29ClN6O5S/c1-4-26-22-16(7-13(2)10-27-22)15-8-19(31)30(17-11-25-6-5-14(17)3)23-21(15)35-18(28-36(33)34)12-29(23)20(32)9-24/h5-7,10-11,15,18,21,23,28H,4,8-9,12H2,1-3H3,(H,26,27)(H,33,34)/p-1. The first-order valence-electron chi connectivity index (χ1n) is 11.5. The third kappa shape index (κ3) is 5.23. The van der Waals surface area contributed by atoms with Gasteiger partial charge in [0, 0.05) is 48.1 Å². The van der Waals surface area contributed by atoms with Gasteiger partial charge in [-0.3, -0.25) is 23.7 Å². The average molecular weight is 536 g/mol. The normalized spacial score (nSPS) is 24.9. The lowest BCUT2D eigenvalue weighted by Gasteiger charge is -2.54. The molecule has 11 nitrogen and oxygen atoms in total. The molecular weight excluding hydrogens is 508 g/mol. The minimum atomic E-state index is -2.64. The van der Waals surface area contributed by atoms with E-state index in [2.05, 4.69) is 20.0 Å². The molecule has 2 N–H and O–H groups in total. The van der Waals surface area contributed by atoms with E-state index in [1.807, 2.05) is 26.8 Å². The van der Waals surface area contributed by atoms with Crippen LogP contribution >= 0.6 is 11.6 Å². The van der Waals surface area contributed by atoms with Crippen LogP contribution in [0.5, 0.6) is 0 Å². The number of hydrogen-bond acceptors (Lipinski definition) is 8. The van der Waals surface area contributed by atoms with Crippen molar-refractivity contribution in [1.82, 2.24) is 19.6 Å². The SMILES string of the molecule is CCNc1ncc(C)cc1C1CC(=O)N(c2cnccc2C)C2C1OC(NS(=O)[O-])CN2C(=O)CCl. The molecule has 0 radical (unpaired) electrons. The quantitative estimate of drug-likeness (QED) is 0.402. The monoisotopic (exact) mass is 535 g/mol. The van der Waals surface area contributed by atoms with Crippen LogP contribution in [0.3, 0.4) is 0 Å². The van der Waals surface area contributed by atoms with Gasteiger partial charge in [-0.1, -0.05) is 6.07 Å². The summed E-state index contributed by atoms with van der Waals surface area (Å²) < 4.78 is 31.6. The second kappa shape index (κ2) is 11.2. The molecule has 0 saturated carbocycles. The number of rotatable bonds is 7. The number of morpholine rings is 1. The molecule has 2 aromatic rings. The van der Waals surface area contributed by atoms with Gasteiger partial charge in [-0.05, 0) is 38.0 Å². The van der Waals surface area contributed by atoms with Crippen molar-refractivity contribution >= 4 is 46.2 Å². The summed E-state index contributed by atoms with van der Waals surface area (Å²) in [6, 6.07) is 3.71. The number of alkyl halides is 1. The number of piperidine rings is 1. The van der Waals surface area contributed by atoms with Gasteiger partial charge in [-0.15, -0.1) is 11.6 Å². The van der Waals surface area contributed by atoms with E-state index in [-0.39, 0.29) is 24.8 Å². The Hall–Kier alpha value is -2.64. The predicted molar refractivity (Wildman–Crippen MR) is 134 cm³/mol. The first kappa shape index (κ1) is 26.4. The van der Waals surface area contributed by atoms with Crippen molar-refractivity contribution in [2.45, 2.75) is 51.6 Å². The molecule has 2 saturated heterocycles. The molecule has 2 aliphatic heterocycles. The van der Waals surface area contributed by atoms with Gasteiger partial charge in [0.1, 0.15) is 30.2 Å². The number of carbonyl (C=O) groups is 2. The van der Waals surface area contributed by atoms with Gasteiger partial charge in [0.05, 0.1) is 18.4 Å². The average Bonchev–Trinajstić information content (AvgIpc) is 2.84. The molecule has 0 bridgehead atoms. The van der Waals surface area contributed by atoms with Crippen molar-refractivity contribution in [1.29, 1.82) is 0 Å². The van der Waals surface area contributed by atoms with Crippen LogP contribution in [0.1, 0.15) is 36.0 Å². The van der Waals surface area contributed by atoms with Crippen molar-refractivity contribution in [2.75, 3.05) is 29.2 Å². The highest BCUT2D eigenvalue weighted by Crippen LogP contribution is 2.43. The molecule has 2 aromatic heterocycles. The van der Waals surface area contributed by atoms with E-state index in [0.717, 1.165) is 16.7 Å². The van der Waals surface area contributed by atoms with E-state index in [1.54, 1.807) is 24.7 Å². The number of carbonyl (C=O) groups excluding carboxylic acids is 2. The molecule has 2 amide bonds. The largest absolute Gasteiger partial charge is 0.760 e. The summed E-state index contributed by atoms with van der Waals surface area (Å²) in [5.41, 5.74) is 2.98. The van der Waals surface area contributed by atoms with E-state index in [1.165, 1.54) is 9.80 Å². The number of ether oxygens (including phenoxy) is 1. The molecular formula is C23H28ClN6O5S-. The Morgan fingerprint density at radius 3 is 2.81 bits per heavy atom. The van der Waals surface area contributed by atoms with Crippen LogP contribution in [-0.4, -0.2) is 72.9 Å². The zero-order valence-electron chi connectivity index (χ0n) is 20.1. The minimum absolute atomic E-state index is 0.0507. The minimum Gasteiger partial charge on any atom is -0.760 e. The van der Waals surface area contributed by atoms with E-state index in [9.17, 15) is 18.4 Å². The molecule has 194 valence electrons. The third-order valence-electron chi connectivity index (χ3n) is 6.35. The molecule has 0 spiro atoms. The Labute approximate surface area is 217 Å². The Morgan fingerprint density at radius 1 is 1.36 bits per heavy atom. The predicted octanol–water partition coefficient (Wildman–Crippen LogP) is 1.55. The number of anilines is 2. The fraction of sp³-hybridized carbons (Fsp3) is 0.478. The number of nitrogens with zero attached hydrogens (tertiary/aromatic N) is 4. The van der Waals surface area contributed by atoms with Gasteiger partial charge in [0.25, 0.3) is 0 Å². The lowest BCUT2D eigenvalue weighted by Crippen LogP contribution is -2.70. The van der Waals surface area contributed by atoms with Crippen molar-refractivity contribution in [3.05, 3.63) is 47.4 Å². The molecule has 5 atom stereocenters. The highest BCUT2D eigenvalue weighted by molar-refractivity contribution is 7.77. The van der Waals surface area contributed by atoms with Crippen LogP contribution in [0.15, 0.2) is 30.7 Å². The number of aromatic nitrogens is 2. The number of nitrogens with one attached hydrogen (secondary N) is 2. The summed E-state index contributed by atoms with van der Waals surface area (Å²) in [5, 5.41) is 3.23. The fourth-order valence-electron chi connectivity index (χ4n) is 4.87. The van der Waals surface area contributed by atoms with Crippen LogP contribution in [-0.2, 0) is 25.6 Å². The number of pyridine rings is 2. The van der Waals surface area contributed by atoms with Crippen LogP contribution < -0.4 is 14.9 Å². The summed E-state index contributed by atoms with van der Waals surface area (Å²) >= 11 is 3.32. The summed E-state index contributed by atoms with van der Waals surface area (Å²) in [4.78, 5) is 38.5. The van der Waals surface area contributed by atoms with Crippen molar-refractivity contribution in [2.24, 2.45) is 0 Å². The Balaban J connectivity index is 1.88. The second-order valence-electron chi connectivity index (χ2n) is 8.75. The zero-order chi connectivity index (χ0) is 26.0. The van der Waals surface area contributed by atoms with Gasteiger partial charge in [-0.25, -0.2) is 9.71 Å². The molecule has 0 aliphatic carbocycles. The van der Waals surface area contributed by atoms with Gasteiger partial charge in [-0.2, -0.15) is 0 Å². The Bertz CT molecular complexity index is 1170.